The lowest BCUT2D eigenvalue weighted by Gasteiger charge is -2.33. The summed E-state index contributed by atoms with van der Waals surface area (Å²) in [5.41, 5.74) is 3.71. The Morgan fingerprint density at radius 3 is 2.63 bits per heavy atom. The molecule has 0 bridgehead atoms. The summed E-state index contributed by atoms with van der Waals surface area (Å²) in [6.07, 6.45) is 2.61. The summed E-state index contributed by atoms with van der Waals surface area (Å²) in [6, 6.07) is 19.0. The summed E-state index contributed by atoms with van der Waals surface area (Å²) in [7, 11) is 0. The largest absolute Gasteiger partial charge is 0.371 e. The van der Waals surface area contributed by atoms with Crippen molar-refractivity contribution in [1.82, 2.24) is 5.32 Å². The van der Waals surface area contributed by atoms with Crippen LogP contribution in [-0.2, 0) is 10.5 Å². The quantitative estimate of drug-likeness (QED) is 0.729. The minimum atomic E-state index is 0.0316. The highest BCUT2D eigenvalue weighted by atomic mass is 32.2. The fraction of sp³-hybridized carbons (Fsp3) is 0.435. The second kappa shape index (κ2) is 9.84. The molecule has 0 unspecified atom stereocenters. The second-order valence-corrected chi connectivity index (χ2v) is 8.54. The van der Waals surface area contributed by atoms with Crippen molar-refractivity contribution in [2.45, 2.75) is 38.5 Å². The average Bonchev–Trinajstić information content (AvgIpc) is 2.69. The molecule has 4 heteroatoms. The van der Waals surface area contributed by atoms with E-state index in [0.29, 0.717) is 5.75 Å². The van der Waals surface area contributed by atoms with Crippen LogP contribution in [0, 0.1) is 5.92 Å². The first-order valence-corrected chi connectivity index (χ1v) is 11.0. The Hall–Kier alpha value is -1.94. The summed E-state index contributed by atoms with van der Waals surface area (Å²) in [5, 5.41) is 3.12. The number of carbonyl (C=O) groups is 1. The summed E-state index contributed by atoms with van der Waals surface area (Å²) in [4.78, 5) is 14.7. The molecule has 1 N–H and O–H groups in total. The third-order valence-electron chi connectivity index (χ3n) is 5.14. The van der Waals surface area contributed by atoms with Gasteiger partial charge in [0.2, 0.25) is 5.91 Å². The van der Waals surface area contributed by atoms with Gasteiger partial charge >= 0.3 is 0 Å². The third-order valence-corrected chi connectivity index (χ3v) is 6.14. The molecule has 1 heterocycles. The summed E-state index contributed by atoms with van der Waals surface area (Å²) >= 11 is 1.65. The van der Waals surface area contributed by atoms with E-state index in [9.17, 15) is 4.79 Å². The van der Waals surface area contributed by atoms with Gasteiger partial charge in [-0.3, -0.25) is 4.79 Å². The topological polar surface area (TPSA) is 32.3 Å². The molecule has 0 saturated carbocycles. The smallest absolute Gasteiger partial charge is 0.230 e. The Kier molecular flexibility index (Phi) is 7.22. The van der Waals surface area contributed by atoms with E-state index in [1.165, 1.54) is 24.1 Å². The SMILES string of the molecule is C[C@@H]1CCCN(c2ccc([C@@H](C)NC(=O)CSCc3ccccc3)cc2)C1. The van der Waals surface area contributed by atoms with E-state index < -0.39 is 0 Å². The minimum Gasteiger partial charge on any atom is -0.371 e. The molecular weight excluding hydrogens is 352 g/mol. The lowest BCUT2D eigenvalue weighted by atomic mass is 9.99. The van der Waals surface area contributed by atoms with Gasteiger partial charge in [-0.1, -0.05) is 49.4 Å². The van der Waals surface area contributed by atoms with Crippen LogP contribution in [0.5, 0.6) is 0 Å². The molecule has 1 aliphatic heterocycles. The van der Waals surface area contributed by atoms with Crippen LogP contribution in [0.25, 0.3) is 0 Å². The van der Waals surface area contributed by atoms with Crippen molar-refractivity contribution in [3.8, 4) is 0 Å². The fourth-order valence-electron chi connectivity index (χ4n) is 3.60. The van der Waals surface area contributed by atoms with Crippen LogP contribution >= 0.6 is 11.8 Å². The number of piperidine rings is 1. The molecule has 1 aliphatic rings. The van der Waals surface area contributed by atoms with Gasteiger partial charge < -0.3 is 10.2 Å². The lowest BCUT2D eigenvalue weighted by molar-refractivity contribution is -0.119. The zero-order valence-electron chi connectivity index (χ0n) is 16.4. The number of nitrogens with one attached hydrogen (secondary N) is 1. The molecule has 27 heavy (non-hydrogen) atoms. The molecule has 0 aliphatic carbocycles. The number of hydrogen-bond acceptors (Lipinski definition) is 3. The monoisotopic (exact) mass is 382 g/mol. The van der Waals surface area contributed by atoms with Gasteiger partial charge in [0.25, 0.3) is 0 Å². The normalized spacial score (nSPS) is 18.1. The van der Waals surface area contributed by atoms with Crippen LogP contribution in [0.4, 0.5) is 5.69 Å². The summed E-state index contributed by atoms with van der Waals surface area (Å²) in [6.45, 7) is 6.67. The van der Waals surface area contributed by atoms with E-state index in [4.69, 9.17) is 0 Å². The van der Waals surface area contributed by atoms with Crippen molar-refractivity contribution in [2.75, 3.05) is 23.7 Å². The fourth-order valence-corrected chi connectivity index (χ4v) is 4.40. The van der Waals surface area contributed by atoms with Crippen LogP contribution in [0.15, 0.2) is 54.6 Å². The Balaban J connectivity index is 1.45. The van der Waals surface area contributed by atoms with Crippen molar-refractivity contribution in [2.24, 2.45) is 5.92 Å². The van der Waals surface area contributed by atoms with Gasteiger partial charge in [-0.25, -0.2) is 0 Å². The zero-order valence-corrected chi connectivity index (χ0v) is 17.2. The molecule has 1 fully saturated rings. The number of rotatable bonds is 7. The Bertz CT molecular complexity index is 717. The maximum atomic E-state index is 12.2. The first-order valence-electron chi connectivity index (χ1n) is 9.88. The van der Waals surface area contributed by atoms with E-state index >= 15 is 0 Å². The molecule has 1 saturated heterocycles. The Morgan fingerprint density at radius 1 is 1.19 bits per heavy atom. The second-order valence-electron chi connectivity index (χ2n) is 7.55. The van der Waals surface area contributed by atoms with Gasteiger partial charge in [-0.05, 0) is 48.9 Å². The van der Waals surface area contributed by atoms with Gasteiger partial charge in [0.15, 0.2) is 0 Å². The summed E-state index contributed by atoms with van der Waals surface area (Å²) in [5.74, 6) is 2.22. The highest BCUT2D eigenvalue weighted by molar-refractivity contribution is 7.99. The molecule has 1 amide bonds. The molecule has 2 aromatic carbocycles. The van der Waals surface area contributed by atoms with Crippen LogP contribution in [0.2, 0.25) is 0 Å². The minimum absolute atomic E-state index is 0.0316. The van der Waals surface area contributed by atoms with E-state index in [0.717, 1.165) is 30.3 Å². The van der Waals surface area contributed by atoms with E-state index in [1.54, 1.807) is 11.8 Å². The third kappa shape index (κ3) is 6.03. The molecule has 3 nitrogen and oxygen atoms in total. The standard InChI is InChI=1S/C23H30N2OS/c1-18-7-6-14-25(15-18)22-12-10-21(11-13-22)19(2)24-23(26)17-27-16-20-8-4-3-5-9-20/h3-5,8-13,18-19H,6-7,14-17H2,1-2H3,(H,24,26)/t18-,19-/m1/s1. The molecule has 0 radical (unpaired) electrons. The molecule has 144 valence electrons. The first kappa shape index (κ1) is 19.8. The van der Waals surface area contributed by atoms with E-state index in [1.807, 2.05) is 18.2 Å². The lowest BCUT2D eigenvalue weighted by Crippen LogP contribution is -2.34. The molecular formula is C23H30N2OS. The van der Waals surface area contributed by atoms with Gasteiger partial charge in [-0.2, -0.15) is 0 Å². The molecule has 0 spiro atoms. The van der Waals surface area contributed by atoms with Crippen LogP contribution in [0.1, 0.15) is 43.9 Å². The van der Waals surface area contributed by atoms with Gasteiger partial charge in [0.1, 0.15) is 0 Å². The van der Waals surface area contributed by atoms with Gasteiger partial charge in [0.05, 0.1) is 11.8 Å². The first-order chi connectivity index (χ1) is 13.1. The van der Waals surface area contributed by atoms with Crippen molar-refractivity contribution in [3.63, 3.8) is 0 Å². The molecule has 2 aromatic rings. The number of anilines is 1. The number of amides is 1. The molecule has 0 aromatic heterocycles. The van der Waals surface area contributed by atoms with Crippen molar-refractivity contribution < 1.29 is 4.79 Å². The van der Waals surface area contributed by atoms with Crippen molar-refractivity contribution in [3.05, 3.63) is 65.7 Å². The highest BCUT2D eigenvalue weighted by Gasteiger charge is 2.17. The number of thioether (sulfide) groups is 1. The number of carbonyl (C=O) groups excluding carboxylic acids is 1. The van der Waals surface area contributed by atoms with Gasteiger partial charge in [0, 0.05) is 24.5 Å². The number of nitrogens with zero attached hydrogens (tertiary/aromatic N) is 1. The number of benzene rings is 2. The Labute approximate surface area is 167 Å². The van der Waals surface area contributed by atoms with Crippen LogP contribution in [0.3, 0.4) is 0 Å². The average molecular weight is 383 g/mol. The maximum Gasteiger partial charge on any atom is 0.230 e. The van der Waals surface area contributed by atoms with E-state index in [-0.39, 0.29) is 11.9 Å². The van der Waals surface area contributed by atoms with E-state index in [2.05, 4.69) is 60.5 Å². The molecule has 3 rings (SSSR count). The molecule has 2 atom stereocenters. The number of hydrogen-bond donors (Lipinski definition) is 1. The summed E-state index contributed by atoms with van der Waals surface area (Å²) < 4.78 is 0. The predicted octanol–water partition coefficient (Wildman–Crippen LogP) is 5.03. The van der Waals surface area contributed by atoms with Crippen LogP contribution < -0.4 is 10.2 Å². The Morgan fingerprint density at radius 2 is 1.93 bits per heavy atom. The van der Waals surface area contributed by atoms with Crippen LogP contribution in [-0.4, -0.2) is 24.7 Å². The van der Waals surface area contributed by atoms with Crippen molar-refractivity contribution >= 4 is 23.4 Å². The highest BCUT2D eigenvalue weighted by Crippen LogP contribution is 2.24. The predicted molar refractivity (Wildman–Crippen MR) is 116 cm³/mol. The zero-order chi connectivity index (χ0) is 19.1. The van der Waals surface area contributed by atoms with Gasteiger partial charge in [-0.15, -0.1) is 11.8 Å². The van der Waals surface area contributed by atoms with Crippen molar-refractivity contribution in [1.29, 1.82) is 0 Å². The maximum absolute atomic E-state index is 12.2.